The summed E-state index contributed by atoms with van der Waals surface area (Å²) in [5.41, 5.74) is 6.35. The van der Waals surface area contributed by atoms with E-state index in [0.717, 1.165) is 5.39 Å². The van der Waals surface area contributed by atoms with Gasteiger partial charge in [0.05, 0.1) is 18.1 Å². The monoisotopic (exact) mass is 307 g/mol. The van der Waals surface area contributed by atoms with Crippen molar-refractivity contribution in [1.29, 1.82) is 0 Å². The normalized spacial score (nSPS) is 17.1. The minimum atomic E-state index is -3.62. The van der Waals surface area contributed by atoms with Gasteiger partial charge in [0.2, 0.25) is 0 Å². The lowest BCUT2D eigenvalue weighted by Gasteiger charge is -2.26. The summed E-state index contributed by atoms with van der Waals surface area (Å²) < 4.78 is 30.4. The van der Waals surface area contributed by atoms with Crippen LogP contribution in [0, 0.1) is 0 Å². The van der Waals surface area contributed by atoms with Crippen molar-refractivity contribution in [1.82, 2.24) is 9.84 Å². The quantitative estimate of drug-likeness (QED) is 0.825. The predicted octanol–water partition coefficient (Wildman–Crippen LogP) is 0.948. The third-order valence-electron chi connectivity index (χ3n) is 3.41. The fourth-order valence-corrected chi connectivity index (χ4v) is 3.73. The summed E-state index contributed by atoms with van der Waals surface area (Å²) in [6.07, 6.45) is 0. The second kappa shape index (κ2) is 5.61. The van der Waals surface area contributed by atoms with E-state index in [9.17, 15) is 8.42 Å². The van der Waals surface area contributed by atoms with Gasteiger partial charge in [0.15, 0.2) is 0 Å². The van der Waals surface area contributed by atoms with Crippen molar-refractivity contribution in [3.63, 3.8) is 0 Å². The van der Waals surface area contributed by atoms with Crippen LogP contribution in [-0.4, -0.2) is 39.7 Å². The third-order valence-corrected chi connectivity index (χ3v) is 4.85. The number of rotatable bonds is 3. The first kappa shape index (κ1) is 14.3. The zero-order valence-corrected chi connectivity index (χ0v) is 12.3. The van der Waals surface area contributed by atoms with Gasteiger partial charge in [-0.25, -0.2) is 13.4 Å². The number of ether oxygens (including phenoxy) is 1. The molecule has 1 saturated heterocycles. The maximum Gasteiger partial charge on any atom is 0.254 e. The predicted molar refractivity (Wildman–Crippen MR) is 81.1 cm³/mol. The molecule has 2 aromatic carbocycles. The maximum atomic E-state index is 12.6. The van der Waals surface area contributed by atoms with Crippen LogP contribution in [0.2, 0.25) is 0 Å². The van der Waals surface area contributed by atoms with Gasteiger partial charge in [-0.1, -0.05) is 18.2 Å². The number of nitrogens with one attached hydrogen (secondary N) is 1. The van der Waals surface area contributed by atoms with Gasteiger partial charge in [-0.3, -0.25) is 0 Å². The zero-order chi connectivity index (χ0) is 14.9. The highest BCUT2D eigenvalue weighted by atomic mass is 32.2. The molecule has 0 aliphatic carbocycles. The van der Waals surface area contributed by atoms with Gasteiger partial charge in [0, 0.05) is 24.2 Å². The van der Waals surface area contributed by atoms with Gasteiger partial charge in [-0.05, 0) is 23.6 Å². The number of nitrogen functional groups attached to an aromatic ring is 1. The van der Waals surface area contributed by atoms with Gasteiger partial charge >= 0.3 is 0 Å². The summed E-state index contributed by atoms with van der Waals surface area (Å²) in [5, 5.41) is 3.13. The first-order valence-corrected chi connectivity index (χ1v) is 8.18. The van der Waals surface area contributed by atoms with Crippen LogP contribution < -0.4 is 10.6 Å². The van der Waals surface area contributed by atoms with E-state index in [1.165, 1.54) is 0 Å². The van der Waals surface area contributed by atoms with Gasteiger partial charge in [-0.2, -0.15) is 0 Å². The van der Waals surface area contributed by atoms with Crippen molar-refractivity contribution >= 4 is 26.5 Å². The molecule has 21 heavy (non-hydrogen) atoms. The van der Waals surface area contributed by atoms with E-state index < -0.39 is 10.0 Å². The molecule has 0 amide bonds. The van der Waals surface area contributed by atoms with E-state index in [4.69, 9.17) is 10.5 Å². The Labute approximate surface area is 123 Å². The maximum absolute atomic E-state index is 12.6. The van der Waals surface area contributed by atoms with Gasteiger partial charge in [-0.15, -0.1) is 4.83 Å². The lowest BCUT2D eigenvalue weighted by Crippen LogP contribution is -2.48. The van der Waals surface area contributed by atoms with Crippen LogP contribution in [0.25, 0.3) is 10.8 Å². The van der Waals surface area contributed by atoms with Crippen molar-refractivity contribution in [2.45, 2.75) is 4.90 Å². The van der Waals surface area contributed by atoms with Crippen molar-refractivity contribution < 1.29 is 13.2 Å². The van der Waals surface area contributed by atoms with Crippen LogP contribution in [0.3, 0.4) is 0 Å². The van der Waals surface area contributed by atoms with E-state index in [0.29, 0.717) is 37.4 Å². The molecule has 0 spiro atoms. The van der Waals surface area contributed by atoms with E-state index in [1.54, 1.807) is 35.3 Å². The Morgan fingerprint density at radius 2 is 1.90 bits per heavy atom. The highest BCUT2D eigenvalue weighted by molar-refractivity contribution is 7.89. The largest absolute Gasteiger partial charge is 0.399 e. The Morgan fingerprint density at radius 3 is 2.67 bits per heavy atom. The van der Waals surface area contributed by atoms with Gasteiger partial charge in [0.25, 0.3) is 10.0 Å². The average Bonchev–Trinajstić information content (AvgIpc) is 2.47. The van der Waals surface area contributed by atoms with Crippen LogP contribution >= 0.6 is 0 Å². The Balaban J connectivity index is 1.98. The molecule has 3 rings (SSSR count). The first-order valence-electron chi connectivity index (χ1n) is 6.70. The van der Waals surface area contributed by atoms with Gasteiger partial charge in [0.1, 0.15) is 0 Å². The fraction of sp³-hybridized carbons (Fsp3) is 0.286. The molecule has 2 aromatic rings. The molecular formula is C14H17N3O3S. The Morgan fingerprint density at radius 1 is 1.14 bits per heavy atom. The lowest BCUT2D eigenvalue weighted by molar-refractivity contribution is 0.0272. The topological polar surface area (TPSA) is 84.7 Å². The molecule has 0 bridgehead atoms. The van der Waals surface area contributed by atoms with Gasteiger partial charge < -0.3 is 10.5 Å². The van der Waals surface area contributed by atoms with E-state index in [2.05, 4.69) is 4.83 Å². The SMILES string of the molecule is Nc1ccc2c(S(=O)(=O)NN3CCOCC3)cccc2c1. The van der Waals surface area contributed by atoms with Crippen LogP contribution in [0.15, 0.2) is 41.3 Å². The molecule has 6 nitrogen and oxygen atoms in total. The summed E-state index contributed by atoms with van der Waals surface area (Å²) in [6, 6.07) is 10.4. The molecule has 112 valence electrons. The lowest BCUT2D eigenvalue weighted by atomic mass is 10.1. The highest BCUT2D eigenvalue weighted by Crippen LogP contribution is 2.24. The number of anilines is 1. The molecule has 0 aromatic heterocycles. The van der Waals surface area contributed by atoms with Crippen molar-refractivity contribution in [2.75, 3.05) is 32.0 Å². The second-order valence-electron chi connectivity index (χ2n) is 4.93. The first-order chi connectivity index (χ1) is 10.1. The second-order valence-corrected chi connectivity index (χ2v) is 6.56. The van der Waals surface area contributed by atoms with Crippen LogP contribution in [0.4, 0.5) is 5.69 Å². The van der Waals surface area contributed by atoms with E-state index >= 15 is 0 Å². The number of hydrogen-bond acceptors (Lipinski definition) is 5. The average molecular weight is 307 g/mol. The molecular weight excluding hydrogens is 290 g/mol. The molecule has 0 saturated carbocycles. The highest BCUT2D eigenvalue weighted by Gasteiger charge is 2.21. The number of nitrogens with two attached hydrogens (primary N) is 1. The minimum absolute atomic E-state index is 0.256. The molecule has 1 heterocycles. The Hall–Kier alpha value is -1.67. The number of sulfonamides is 1. The van der Waals surface area contributed by atoms with Crippen molar-refractivity contribution in [2.24, 2.45) is 0 Å². The number of morpholine rings is 1. The summed E-state index contributed by atoms with van der Waals surface area (Å²) >= 11 is 0. The molecule has 0 radical (unpaired) electrons. The van der Waals surface area contributed by atoms with Crippen LogP contribution in [0.5, 0.6) is 0 Å². The molecule has 0 atom stereocenters. The number of nitrogens with zero attached hydrogens (tertiary/aromatic N) is 1. The third kappa shape index (κ3) is 3.01. The van der Waals surface area contributed by atoms with Crippen LogP contribution in [0.1, 0.15) is 0 Å². The zero-order valence-electron chi connectivity index (χ0n) is 11.5. The molecule has 7 heteroatoms. The van der Waals surface area contributed by atoms with E-state index in [-0.39, 0.29) is 4.90 Å². The summed E-state index contributed by atoms with van der Waals surface area (Å²) in [5.74, 6) is 0. The number of hydrazine groups is 1. The number of fused-ring (bicyclic) bond motifs is 1. The smallest absolute Gasteiger partial charge is 0.254 e. The summed E-state index contributed by atoms with van der Waals surface area (Å²) in [6.45, 7) is 2.12. The minimum Gasteiger partial charge on any atom is -0.399 e. The Kier molecular flexibility index (Phi) is 3.81. The molecule has 1 fully saturated rings. The molecule has 0 unspecified atom stereocenters. The molecule has 1 aliphatic rings. The van der Waals surface area contributed by atoms with Crippen molar-refractivity contribution in [3.8, 4) is 0 Å². The van der Waals surface area contributed by atoms with E-state index in [1.807, 2.05) is 6.07 Å². The summed E-state index contributed by atoms with van der Waals surface area (Å²) in [4.78, 5) is 2.87. The molecule has 3 N–H and O–H groups in total. The summed E-state index contributed by atoms with van der Waals surface area (Å²) in [7, 11) is -3.62. The van der Waals surface area contributed by atoms with Crippen LogP contribution in [-0.2, 0) is 14.8 Å². The molecule has 1 aliphatic heterocycles. The number of benzene rings is 2. The van der Waals surface area contributed by atoms with Crippen molar-refractivity contribution in [3.05, 3.63) is 36.4 Å². The number of hydrogen-bond donors (Lipinski definition) is 2. The fourth-order valence-electron chi connectivity index (χ4n) is 2.38. The standard InChI is InChI=1S/C14H17N3O3S/c15-12-4-5-13-11(10-12)2-1-3-14(13)21(18,19)16-17-6-8-20-9-7-17/h1-5,10,16H,6-9,15H2. The Bertz CT molecular complexity index is 755.